The van der Waals surface area contributed by atoms with E-state index in [-0.39, 0.29) is 12.0 Å². The Balaban J connectivity index is 1.55. The molecule has 1 aliphatic heterocycles. The van der Waals surface area contributed by atoms with Crippen LogP contribution in [0.25, 0.3) is 0 Å². The minimum absolute atomic E-state index is 0.129. The summed E-state index contributed by atoms with van der Waals surface area (Å²) < 4.78 is 7.53. The molecule has 0 radical (unpaired) electrons. The maximum atomic E-state index is 12.4. The van der Waals surface area contributed by atoms with Crippen LogP contribution in [0.2, 0.25) is 0 Å². The van der Waals surface area contributed by atoms with Gasteiger partial charge in [0, 0.05) is 37.6 Å². The van der Waals surface area contributed by atoms with Gasteiger partial charge in [0.05, 0.1) is 18.8 Å². The number of ether oxygens (including phenoxy) is 1. The summed E-state index contributed by atoms with van der Waals surface area (Å²) >= 11 is 0. The number of amides is 1. The van der Waals surface area contributed by atoms with Crippen LogP contribution in [0, 0.1) is 13.8 Å². The Morgan fingerprint density at radius 2 is 2.36 bits per heavy atom. The maximum absolute atomic E-state index is 12.4. The zero-order chi connectivity index (χ0) is 15.5. The Labute approximate surface area is 129 Å². The van der Waals surface area contributed by atoms with Crippen molar-refractivity contribution >= 4 is 5.91 Å². The number of nitrogens with zero attached hydrogens (tertiary/aromatic N) is 4. The number of carbonyl (C=O) groups is 1. The molecule has 3 rings (SSSR count). The number of aryl methyl sites for hydroxylation is 3. The number of H-pyrrole nitrogens is 1. The van der Waals surface area contributed by atoms with E-state index in [1.165, 1.54) is 0 Å². The Morgan fingerprint density at radius 1 is 1.50 bits per heavy atom. The third kappa shape index (κ3) is 3.36. The van der Waals surface area contributed by atoms with Crippen LogP contribution in [-0.4, -0.2) is 50.3 Å². The molecular weight excluding hydrogens is 282 g/mol. The highest BCUT2D eigenvalue weighted by molar-refractivity contribution is 5.76. The van der Waals surface area contributed by atoms with Gasteiger partial charge < -0.3 is 14.6 Å². The van der Waals surface area contributed by atoms with Gasteiger partial charge >= 0.3 is 0 Å². The van der Waals surface area contributed by atoms with E-state index in [2.05, 4.69) is 15.1 Å². The molecule has 7 nitrogen and oxygen atoms in total. The highest BCUT2D eigenvalue weighted by atomic mass is 16.5. The molecule has 1 atom stereocenters. The predicted molar refractivity (Wildman–Crippen MR) is 80.2 cm³/mol. The van der Waals surface area contributed by atoms with Gasteiger partial charge in [-0.1, -0.05) is 0 Å². The van der Waals surface area contributed by atoms with Crippen molar-refractivity contribution in [2.45, 2.75) is 32.9 Å². The normalized spacial score (nSPS) is 18.6. The Kier molecular flexibility index (Phi) is 4.24. The van der Waals surface area contributed by atoms with Gasteiger partial charge in [-0.2, -0.15) is 5.10 Å². The molecule has 1 saturated heterocycles. The van der Waals surface area contributed by atoms with Crippen molar-refractivity contribution in [3.63, 3.8) is 0 Å². The van der Waals surface area contributed by atoms with Gasteiger partial charge in [0.25, 0.3) is 0 Å². The smallest absolute Gasteiger partial charge is 0.224 e. The van der Waals surface area contributed by atoms with Crippen molar-refractivity contribution < 1.29 is 9.53 Å². The molecule has 1 unspecified atom stereocenters. The lowest BCUT2D eigenvalue weighted by Crippen LogP contribution is -2.42. The summed E-state index contributed by atoms with van der Waals surface area (Å²) in [6.07, 6.45) is 3.96. The average Bonchev–Trinajstić information content (AvgIpc) is 3.13. The quantitative estimate of drug-likeness (QED) is 0.921. The first kappa shape index (κ1) is 14.8. The first-order valence-electron chi connectivity index (χ1n) is 7.53. The second-order valence-electron chi connectivity index (χ2n) is 5.62. The molecule has 1 N–H and O–H groups in total. The van der Waals surface area contributed by atoms with Gasteiger partial charge in [0.2, 0.25) is 5.91 Å². The van der Waals surface area contributed by atoms with Gasteiger partial charge in [-0.25, -0.2) is 4.98 Å². The van der Waals surface area contributed by atoms with Crippen molar-refractivity contribution in [3.8, 4) is 0 Å². The fraction of sp³-hybridized carbons (Fsp3) is 0.533. The van der Waals surface area contributed by atoms with E-state index < -0.39 is 0 Å². The number of rotatable bonds is 4. The SMILES string of the molecule is Cc1ccn(CCC(=O)N2CCOC(c3ncc(C)[nH]3)C2)n1. The van der Waals surface area contributed by atoms with Crippen LogP contribution in [0.5, 0.6) is 0 Å². The lowest BCUT2D eigenvalue weighted by atomic mass is 10.2. The van der Waals surface area contributed by atoms with Crippen molar-refractivity contribution in [2.24, 2.45) is 0 Å². The number of carbonyl (C=O) groups excluding carboxylic acids is 1. The van der Waals surface area contributed by atoms with E-state index in [1.807, 2.05) is 31.0 Å². The largest absolute Gasteiger partial charge is 0.367 e. The van der Waals surface area contributed by atoms with Crippen molar-refractivity contribution in [3.05, 3.63) is 35.7 Å². The van der Waals surface area contributed by atoms with E-state index in [4.69, 9.17) is 4.74 Å². The van der Waals surface area contributed by atoms with Gasteiger partial charge in [-0.05, 0) is 19.9 Å². The molecule has 7 heteroatoms. The van der Waals surface area contributed by atoms with Crippen molar-refractivity contribution in [1.29, 1.82) is 0 Å². The van der Waals surface area contributed by atoms with Crippen LogP contribution >= 0.6 is 0 Å². The molecule has 0 bridgehead atoms. The number of aromatic nitrogens is 4. The van der Waals surface area contributed by atoms with Crippen LogP contribution in [-0.2, 0) is 16.1 Å². The van der Waals surface area contributed by atoms with Gasteiger partial charge in [-0.15, -0.1) is 0 Å². The predicted octanol–water partition coefficient (Wildman–Crippen LogP) is 1.21. The molecule has 2 aromatic heterocycles. The van der Waals surface area contributed by atoms with Gasteiger partial charge in [0.15, 0.2) is 0 Å². The van der Waals surface area contributed by atoms with E-state index >= 15 is 0 Å². The fourth-order valence-electron chi connectivity index (χ4n) is 2.59. The lowest BCUT2D eigenvalue weighted by molar-refractivity contribution is -0.139. The van der Waals surface area contributed by atoms with Crippen LogP contribution in [0.3, 0.4) is 0 Å². The van der Waals surface area contributed by atoms with E-state index in [0.717, 1.165) is 17.2 Å². The number of morpholine rings is 1. The van der Waals surface area contributed by atoms with Gasteiger partial charge in [-0.3, -0.25) is 9.48 Å². The summed E-state index contributed by atoms with van der Waals surface area (Å²) in [7, 11) is 0. The lowest BCUT2D eigenvalue weighted by Gasteiger charge is -2.32. The van der Waals surface area contributed by atoms with E-state index in [1.54, 1.807) is 10.9 Å². The molecule has 1 amide bonds. The molecule has 118 valence electrons. The number of imidazole rings is 1. The minimum Gasteiger partial charge on any atom is -0.367 e. The fourth-order valence-corrected chi connectivity index (χ4v) is 2.59. The summed E-state index contributed by atoms with van der Waals surface area (Å²) in [6, 6.07) is 1.94. The highest BCUT2D eigenvalue weighted by Gasteiger charge is 2.26. The van der Waals surface area contributed by atoms with Crippen LogP contribution in [0.15, 0.2) is 18.5 Å². The molecule has 22 heavy (non-hydrogen) atoms. The van der Waals surface area contributed by atoms with E-state index in [9.17, 15) is 4.79 Å². The summed E-state index contributed by atoms with van der Waals surface area (Å²) in [4.78, 5) is 21.7. The first-order chi connectivity index (χ1) is 10.6. The summed E-state index contributed by atoms with van der Waals surface area (Å²) in [5.41, 5.74) is 1.96. The second-order valence-corrected chi connectivity index (χ2v) is 5.62. The van der Waals surface area contributed by atoms with Crippen LogP contribution in [0.4, 0.5) is 0 Å². The Bertz CT molecular complexity index is 648. The Morgan fingerprint density at radius 3 is 3.05 bits per heavy atom. The van der Waals surface area contributed by atoms with Crippen molar-refractivity contribution in [2.75, 3.05) is 19.7 Å². The van der Waals surface area contributed by atoms with Crippen LogP contribution in [0.1, 0.15) is 29.7 Å². The van der Waals surface area contributed by atoms with E-state index in [0.29, 0.717) is 32.7 Å². The second kappa shape index (κ2) is 6.31. The summed E-state index contributed by atoms with van der Waals surface area (Å²) in [5.74, 6) is 0.919. The zero-order valence-electron chi connectivity index (χ0n) is 13.0. The molecule has 3 heterocycles. The maximum Gasteiger partial charge on any atom is 0.224 e. The Hall–Kier alpha value is -2.15. The topological polar surface area (TPSA) is 76.0 Å². The average molecular weight is 303 g/mol. The molecule has 1 aliphatic rings. The number of hydrogen-bond acceptors (Lipinski definition) is 4. The van der Waals surface area contributed by atoms with Crippen molar-refractivity contribution in [1.82, 2.24) is 24.6 Å². The summed E-state index contributed by atoms with van der Waals surface area (Å²) in [5, 5.41) is 4.30. The standard InChI is InChI=1S/C15H21N5O2/c1-11-3-5-20(18-11)6-4-14(21)19-7-8-22-13(10-19)15-16-9-12(2)17-15/h3,5,9,13H,4,6-8,10H2,1-2H3,(H,16,17). The number of nitrogens with one attached hydrogen (secondary N) is 1. The van der Waals surface area contributed by atoms with Gasteiger partial charge in [0.1, 0.15) is 11.9 Å². The monoisotopic (exact) mass is 303 g/mol. The summed E-state index contributed by atoms with van der Waals surface area (Å²) in [6.45, 7) is 6.22. The highest BCUT2D eigenvalue weighted by Crippen LogP contribution is 2.20. The molecule has 1 fully saturated rings. The molecule has 0 spiro atoms. The molecule has 2 aromatic rings. The third-order valence-corrected chi connectivity index (χ3v) is 3.78. The number of hydrogen-bond donors (Lipinski definition) is 1. The molecule has 0 saturated carbocycles. The molecule has 0 aliphatic carbocycles. The molecular formula is C15H21N5O2. The third-order valence-electron chi connectivity index (χ3n) is 3.78. The first-order valence-corrected chi connectivity index (χ1v) is 7.53. The minimum atomic E-state index is -0.168. The van der Waals surface area contributed by atoms with Crippen LogP contribution < -0.4 is 0 Å². The number of aromatic amines is 1. The zero-order valence-corrected chi connectivity index (χ0v) is 13.0. The molecule has 0 aromatic carbocycles.